The normalized spacial score (nSPS) is 29.8. The number of rotatable bonds is 2. The van der Waals surface area contributed by atoms with Gasteiger partial charge in [-0.25, -0.2) is 0 Å². The van der Waals surface area contributed by atoms with Crippen molar-refractivity contribution in [2.45, 2.75) is 37.8 Å². The van der Waals surface area contributed by atoms with E-state index >= 15 is 0 Å². The Balaban J connectivity index is 1.81. The minimum absolute atomic E-state index is 0.598. The SMILES string of the molecule is c1cc([C@@H]2CCCN2)cc([C@@H]2CCCN2)c1. The van der Waals surface area contributed by atoms with Crippen LogP contribution in [0.2, 0.25) is 0 Å². The Morgan fingerprint density at radius 3 is 1.88 bits per heavy atom. The first-order valence-electron chi connectivity index (χ1n) is 6.50. The molecule has 3 rings (SSSR count). The lowest BCUT2D eigenvalue weighted by atomic mass is 9.98. The third-order valence-electron chi connectivity index (χ3n) is 3.84. The van der Waals surface area contributed by atoms with Crippen molar-refractivity contribution < 1.29 is 0 Å². The van der Waals surface area contributed by atoms with Gasteiger partial charge in [0.1, 0.15) is 0 Å². The molecule has 2 fully saturated rings. The van der Waals surface area contributed by atoms with Gasteiger partial charge >= 0.3 is 0 Å². The van der Waals surface area contributed by atoms with E-state index in [4.69, 9.17) is 0 Å². The molecule has 0 amide bonds. The van der Waals surface area contributed by atoms with E-state index in [0.29, 0.717) is 12.1 Å². The highest BCUT2D eigenvalue weighted by atomic mass is 14.9. The Morgan fingerprint density at radius 2 is 1.44 bits per heavy atom. The summed E-state index contributed by atoms with van der Waals surface area (Å²) in [6, 6.07) is 10.3. The average Bonchev–Trinajstić information content (AvgIpc) is 3.03. The van der Waals surface area contributed by atoms with Crippen molar-refractivity contribution in [3.8, 4) is 0 Å². The van der Waals surface area contributed by atoms with Gasteiger partial charge in [0.2, 0.25) is 0 Å². The maximum Gasteiger partial charge on any atom is 0.0320 e. The fraction of sp³-hybridized carbons (Fsp3) is 0.571. The summed E-state index contributed by atoms with van der Waals surface area (Å²) in [6.45, 7) is 2.35. The summed E-state index contributed by atoms with van der Waals surface area (Å²) in [6.07, 6.45) is 5.22. The second-order valence-electron chi connectivity index (χ2n) is 4.97. The fourth-order valence-corrected chi connectivity index (χ4v) is 2.93. The molecule has 2 heterocycles. The first-order valence-corrected chi connectivity index (χ1v) is 6.50. The van der Waals surface area contributed by atoms with E-state index in [9.17, 15) is 0 Å². The molecular formula is C14H20N2. The largest absolute Gasteiger partial charge is 0.310 e. The van der Waals surface area contributed by atoms with Crippen LogP contribution in [-0.2, 0) is 0 Å². The van der Waals surface area contributed by atoms with Gasteiger partial charge in [0, 0.05) is 12.1 Å². The van der Waals surface area contributed by atoms with E-state index in [1.807, 2.05) is 0 Å². The van der Waals surface area contributed by atoms with Gasteiger partial charge in [-0.3, -0.25) is 0 Å². The molecule has 2 heteroatoms. The highest BCUT2D eigenvalue weighted by Gasteiger charge is 2.19. The zero-order valence-electron chi connectivity index (χ0n) is 9.71. The smallest absolute Gasteiger partial charge is 0.0320 e. The van der Waals surface area contributed by atoms with Crippen LogP contribution in [0.5, 0.6) is 0 Å². The van der Waals surface area contributed by atoms with Gasteiger partial charge in [-0.05, 0) is 49.9 Å². The lowest BCUT2D eigenvalue weighted by molar-refractivity contribution is 0.628. The third kappa shape index (κ3) is 2.00. The molecule has 2 saturated heterocycles. The van der Waals surface area contributed by atoms with Gasteiger partial charge < -0.3 is 10.6 Å². The summed E-state index contributed by atoms with van der Waals surface area (Å²) >= 11 is 0. The summed E-state index contributed by atoms with van der Waals surface area (Å²) in [5.41, 5.74) is 2.95. The van der Waals surface area contributed by atoms with Crippen LogP contribution in [0, 0.1) is 0 Å². The number of hydrogen-bond acceptors (Lipinski definition) is 2. The first kappa shape index (κ1) is 10.3. The highest BCUT2D eigenvalue weighted by molar-refractivity contribution is 5.29. The van der Waals surface area contributed by atoms with Crippen molar-refractivity contribution in [3.05, 3.63) is 35.4 Å². The van der Waals surface area contributed by atoms with Crippen LogP contribution in [0.3, 0.4) is 0 Å². The Kier molecular flexibility index (Phi) is 2.94. The Morgan fingerprint density at radius 1 is 0.875 bits per heavy atom. The van der Waals surface area contributed by atoms with Crippen molar-refractivity contribution in [2.75, 3.05) is 13.1 Å². The van der Waals surface area contributed by atoms with Gasteiger partial charge in [0.15, 0.2) is 0 Å². The Labute approximate surface area is 97.4 Å². The van der Waals surface area contributed by atoms with E-state index in [1.54, 1.807) is 0 Å². The molecule has 2 nitrogen and oxygen atoms in total. The maximum absolute atomic E-state index is 3.57. The lowest BCUT2D eigenvalue weighted by Crippen LogP contribution is -2.15. The number of hydrogen-bond donors (Lipinski definition) is 2. The molecule has 2 atom stereocenters. The van der Waals surface area contributed by atoms with E-state index in [1.165, 1.54) is 49.9 Å². The first-order chi connectivity index (χ1) is 7.93. The van der Waals surface area contributed by atoms with Crippen molar-refractivity contribution >= 4 is 0 Å². The molecule has 2 N–H and O–H groups in total. The zero-order valence-corrected chi connectivity index (χ0v) is 9.71. The summed E-state index contributed by atoms with van der Waals surface area (Å²) in [7, 11) is 0. The molecule has 0 aliphatic carbocycles. The molecule has 2 aliphatic rings. The number of nitrogens with one attached hydrogen (secondary N) is 2. The fourth-order valence-electron chi connectivity index (χ4n) is 2.93. The van der Waals surface area contributed by atoms with E-state index in [-0.39, 0.29) is 0 Å². The molecule has 2 aliphatic heterocycles. The standard InChI is InChI=1S/C14H20N2/c1-4-11(13-6-2-8-15-13)10-12(5-1)14-7-3-9-16-14/h1,4-5,10,13-16H,2-3,6-9H2/t13-,14-/m0/s1. The van der Waals surface area contributed by atoms with E-state index < -0.39 is 0 Å². The highest BCUT2D eigenvalue weighted by Crippen LogP contribution is 2.28. The predicted octanol–water partition coefficient (Wildman–Crippen LogP) is 2.54. The van der Waals surface area contributed by atoms with Gasteiger partial charge in [0.05, 0.1) is 0 Å². The van der Waals surface area contributed by atoms with Crippen LogP contribution < -0.4 is 10.6 Å². The van der Waals surface area contributed by atoms with Crippen molar-refractivity contribution in [3.63, 3.8) is 0 Å². The topological polar surface area (TPSA) is 24.1 Å². The van der Waals surface area contributed by atoms with Crippen LogP contribution in [0.15, 0.2) is 24.3 Å². The van der Waals surface area contributed by atoms with Crippen molar-refractivity contribution in [1.82, 2.24) is 10.6 Å². The molecule has 0 aromatic heterocycles. The van der Waals surface area contributed by atoms with Gasteiger partial charge in [0.25, 0.3) is 0 Å². The molecule has 16 heavy (non-hydrogen) atoms. The molecule has 0 saturated carbocycles. The van der Waals surface area contributed by atoms with Crippen LogP contribution in [0.1, 0.15) is 48.9 Å². The molecule has 0 unspecified atom stereocenters. The predicted molar refractivity (Wildman–Crippen MR) is 66.4 cm³/mol. The second-order valence-corrected chi connectivity index (χ2v) is 4.97. The molecule has 0 radical (unpaired) electrons. The van der Waals surface area contributed by atoms with Crippen LogP contribution in [0.25, 0.3) is 0 Å². The minimum atomic E-state index is 0.598. The van der Waals surface area contributed by atoms with Crippen molar-refractivity contribution in [2.24, 2.45) is 0 Å². The molecule has 1 aromatic rings. The van der Waals surface area contributed by atoms with E-state index in [0.717, 1.165) is 0 Å². The quantitative estimate of drug-likeness (QED) is 0.794. The van der Waals surface area contributed by atoms with E-state index in [2.05, 4.69) is 34.9 Å². The van der Waals surface area contributed by atoms with Crippen LogP contribution in [-0.4, -0.2) is 13.1 Å². The maximum atomic E-state index is 3.57. The Hall–Kier alpha value is -0.860. The summed E-state index contributed by atoms with van der Waals surface area (Å²) in [4.78, 5) is 0. The lowest BCUT2D eigenvalue weighted by Gasteiger charge is -2.15. The average molecular weight is 216 g/mol. The molecule has 86 valence electrons. The Bertz CT molecular complexity index is 318. The molecule has 0 bridgehead atoms. The van der Waals surface area contributed by atoms with Crippen molar-refractivity contribution in [1.29, 1.82) is 0 Å². The summed E-state index contributed by atoms with van der Waals surface area (Å²) in [5.74, 6) is 0. The zero-order chi connectivity index (χ0) is 10.8. The summed E-state index contributed by atoms with van der Waals surface area (Å²) in [5, 5.41) is 7.14. The van der Waals surface area contributed by atoms with Gasteiger partial charge in [-0.15, -0.1) is 0 Å². The van der Waals surface area contributed by atoms with Gasteiger partial charge in [-0.2, -0.15) is 0 Å². The summed E-state index contributed by atoms with van der Waals surface area (Å²) < 4.78 is 0. The molecule has 1 aromatic carbocycles. The monoisotopic (exact) mass is 216 g/mol. The minimum Gasteiger partial charge on any atom is -0.310 e. The third-order valence-corrected chi connectivity index (χ3v) is 3.84. The number of benzene rings is 1. The van der Waals surface area contributed by atoms with Gasteiger partial charge in [-0.1, -0.05) is 24.3 Å². The van der Waals surface area contributed by atoms with Crippen LogP contribution >= 0.6 is 0 Å². The molecule has 0 spiro atoms. The second kappa shape index (κ2) is 4.56. The molecular weight excluding hydrogens is 196 g/mol. The van der Waals surface area contributed by atoms with Crippen LogP contribution in [0.4, 0.5) is 0 Å².